The number of hydrogen-bond donors (Lipinski definition) is 2. The zero-order chi connectivity index (χ0) is 21.6. The van der Waals surface area contributed by atoms with E-state index in [0.29, 0.717) is 28.4 Å². The number of nitrogens with one attached hydrogen (secondary N) is 1. The molecule has 0 aliphatic carbocycles. The van der Waals surface area contributed by atoms with Crippen LogP contribution in [0.3, 0.4) is 0 Å². The number of methoxy groups -OCH3 is 1. The summed E-state index contributed by atoms with van der Waals surface area (Å²) in [5.74, 6) is 1.99. The van der Waals surface area contributed by atoms with Crippen LogP contribution in [0.1, 0.15) is 44.1 Å². The van der Waals surface area contributed by atoms with Gasteiger partial charge in [-0.1, -0.05) is 11.6 Å². The Morgan fingerprint density at radius 2 is 1.55 bits per heavy atom. The van der Waals surface area contributed by atoms with Crippen LogP contribution in [0.15, 0.2) is 17.2 Å². The normalized spacial score (nSPS) is 17.2. The number of phenols is 1. The molecular weight excluding hydrogens is 418 g/mol. The SMILES string of the molecule is COc1cc(Cl)cc(C=NNc2nc(N3CCCCC3)nc(N3CCCCC3)n2)c1O. The van der Waals surface area contributed by atoms with Crippen molar-refractivity contribution < 1.29 is 9.84 Å². The Hall–Kier alpha value is -2.81. The second-order valence-corrected chi connectivity index (χ2v) is 8.21. The van der Waals surface area contributed by atoms with Crippen LogP contribution in [-0.2, 0) is 0 Å². The van der Waals surface area contributed by atoms with Crippen molar-refractivity contribution in [3.8, 4) is 11.5 Å². The number of benzene rings is 1. The summed E-state index contributed by atoms with van der Waals surface area (Å²) in [7, 11) is 1.47. The van der Waals surface area contributed by atoms with Gasteiger partial charge in [0.2, 0.25) is 17.8 Å². The standard InChI is InChI=1S/C21H28ClN7O2/c1-31-17-13-16(22)12-15(18(17)30)14-23-27-19-24-20(28-8-4-2-5-9-28)26-21(25-19)29-10-6-3-7-11-29/h12-14,30H,2-11H2,1H3,(H,24,25,26,27). The molecule has 2 aromatic rings. The Balaban J connectivity index is 1.58. The number of ether oxygens (including phenoxy) is 1. The molecule has 1 aromatic heterocycles. The second-order valence-electron chi connectivity index (χ2n) is 7.77. The fourth-order valence-electron chi connectivity index (χ4n) is 3.88. The van der Waals surface area contributed by atoms with Crippen LogP contribution in [0, 0.1) is 0 Å². The van der Waals surface area contributed by atoms with Gasteiger partial charge in [-0.2, -0.15) is 20.1 Å². The lowest BCUT2D eigenvalue weighted by atomic mass is 10.1. The highest BCUT2D eigenvalue weighted by molar-refractivity contribution is 6.31. The van der Waals surface area contributed by atoms with E-state index < -0.39 is 0 Å². The summed E-state index contributed by atoms with van der Waals surface area (Å²) in [6.45, 7) is 3.79. The van der Waals surface area contributed by atoms with Crippen LogP contribution in [0.5, 0.6) is 11.5 Å². The first-order valence-electron chi connectivity index (χ1n) is 10.8. The molecular formula is C21H28ClN7O2. The van der Waals surface area contributed by atoms with Crippen LogP contribution >= 0.6 is 11.6 Å². The molecule has 0 radical (unpaired) electrons. The summed E-state index contributed by atoms with van der Waals surface area (Å²) in [5, 5.41) is 14.9. The van der Waals surface area contributed by atoms with Gasteiger partial charge in [-0.25, -0.2) is 5.43 Å². The molecule has 166 valence electrons. The number of aromatic nitrogens is 3. The third-order valence-corrected chi connectivity index (χ3v) is 5.77. The van der Waals surface area contributed by atoms with E-state index in [1.807, 2.05) is 0 Å². The monoisotopic (exact) mass is 445 g/mol. The Bertz CT molecular complexity index is 892. The molecule has 1 aromatic carbocycles. The molecule has 0 saturated carbocycles. The molecule has 2 saturated heterocycles. The number of halogens is 1. The molecule has 2 aliphatic heterocycles. The van der Waals surface area contributed by atoms with E-state index in [2.05, 4.69) is 30.3 Å². The van der Waals surface area contributed by atoms with Gasteiger partial charge in [0.05, 0.1) is 13.3 Å². The number of anilines is 3. The number of rotatable bonds is 6. The highest BCUT2D eigenvalue weighted by Gasteiger charge is 2.20. The molecule has 4 rings (SSSR count). The molecule has 9 nitrogen and oxygen atoms in total. The van der Waals surface area contributed by atoms with Crippen molar-refractivity contribution >= 4 is 35.7 Å². The highest BCUT2D eigenvalue weighted by atomic mass is 35.5. The van der Waals surface area contributed by atoms with Gasteiger partial charge in [-0.05, 0) is 44.6 Å². The Morgan fingerprint density at radius 3 is 2.10 bits per heavy atom. The summed E-state index contributed by atoms with van der Waals surface area (Å²) in [6, 6.07) is 3.15. The Labute approximate surface area is 187 Å². The van der Waals surface area contributed by atoms with Gasteiger partial charge in [0.25, 0.3) is 0 Å². The van der Waals surface area contributed by atoms with Crippen molar-refractivity contribution in [1.29, 1.82) is 0 Å². The van der Waals surface area contributed by atoms with Crippen molar-refractivity contribution in [1.82, 2.24) is 15.0 Å². The summed E-state index contributed by atoms with van der Waals surface area (Å²) in [5.41, 5.74) is 3.32. The lowest BCUT2D eigenvalue weighted by Crippen LogP contribution is -2.34. The molecule has 0 bridgehead atoms. The summed E-state index contributed by atoms with van der Waals surface area (Å²) < 4.78 is 5.14. The van der Waals surface area contributed by atoms with Gasteiger partial charge in [-0.3, -0.25) is 0 Å². The largest absolute Gasteiger partial charge is 0.504 e. The number of aromatic hydroxyl groups is 1. The molecule has 2 fully saturated rings. The summed E-state index contributed by atoms with van der Waals surface area (Å²) >= 11 is 6.09. The van der Waals surface area contributed by atoms with Gasteiger partial charge in [0.1, 0.15) is 0 Å². The summed E-state index contributed by atoms with van der Waals surface area (Å²) in [6.07, 6.45) is 8.51. The first-order valence-corrected chi connectivity index (χ1v) is 11.1. The highest BCUT2D eigenvalue weighted by Crippen LogP contribution is 2.32. The predicted octanol–water partition coefficient (Wildman–Crippen LogP) is 3.67. The maximum atomic E-state index is 10.3. The van der Waals surface area contributed by atoms with Crippen molar-refractivity contribution in [3.63, 3.8) is 0 Å². The van der Waals surface area contributed by atoms with Crippen LogP contribution in [0.25, 0.3) is 0 Å². The minimum Gasteiger partial charge on any atom is -0.504 e. The summed E-state index contributed by atoms with van der Waals surface area (Å²) in [4.78, 5) is 18.4. The van der Waals surface area contributed by atoms with Gasteiger partial charge in [0.15, 0.2) is 11.5 Å². The van der Waals surface area contributed by atoms with Crippen molar-refractivity contribution in [2.45, 2.75) is 38.5 Å². The smallest absolute Gasteiger partial charge is 0.250 e. The van der Waals surface area contributed by atoms with Crippen LogP contribution in [0.2, 0.25) is 5.02 Å². The number of hydrogen-bond acceptors (Lipinski definition) is 9. The number of nitrogens with zero attached hydrogens (tertiary/aromatic N) is 6. The predicted molar refractivity (Wildman–Crippen MR) is 123 cm³/mol. The average Bonchev–Trinajstić information content (AvgIpc) is 2.82. The third-order valence-electron chi connectivity index (χ3n) is 5.55. The fourth-order valence-corrected chi connectivity index (χ4v) is 4.10. The fraction of sp³-hybridized carbons (Fsp3) is 0.524. The minimum absolute atomic E-state index is 0.0314. The van der Waals surface area contributed by atoms with Crippen molar-refractivity contribution in [2.75, 3.05) is 48.5 Å². The van der Waals surface area contributed by atoms with E-state index in [4.69, 9.17) is 21.3 Å². The van der Waals surface area contributed by atoms with E-state index in [1.165, 1.54) is 26.2 Å². The molecule has 0 unspecified atom stereocenters. The van der Waals surface area contributed by atoms with Gasteiger partial charge >= 0.3 is 0 Å². The van der Waals surface area contributed by atoms with Crippen LogP contribution in [-0.4, -0.2) is 59.6 Å². The van der Waals surface area contributed by atoms with E-state index in [1.54, 1.807) is 12.1 Å². The van der Waals surface area contributed by atoms with E-state index >= 15 is 0 Å². The van der Waals surface area contributed by atoms with Crippen LogP contribution < -0.4 is 20.0 Å². The molecule has 31 heavy (non-hydrogen) atoms. The maximum Gasteiger partial charge on any atom is 0.250 e. The molecule has 0 atom stereocenters. The van der Waals surface area contributed by atoms with Crippen molar-refractivity contribution in [2.24, 2.45) is 5.10 Å². The lowest BCUT2D eigenvalue weighted by Gasteiger charge is -2.30. The maximum absolute atomic E-state index is 10.3. The topological polar surface area (TPSA) is 99.0 Å². The number of piperidine rings is 2. The van der Waals surface area contributed by atoms with Gasteiger partial charge in [0, 0.05) is 42.8 Å². The van der Waals surface area contributed by atoms with E-state index in [0.717, 1.165) is 51.9 Å². The third kappa shape index (κ3) is 5.28. The van der Waals surface area contributed by atoms with E-state index in [-0.39, 0.29) is 11.5 Å². The van der Waals surface area contributed by atoms with Crippen molar-refractivity contribution in [3.05, 3.63) is 22.7 Å². The Kier molecular flexibility index (Phi) is 6.91. The number of hydrazone groups is 1. The first-order chi connectivity index (χ1) is 15.1. The molecule has 2 aliphatic rings. The lowest BCUT2D eigenvalue weighted by molar-refractivity contribution is 0.373. The van der Waals surface area contributed by atoms with Gasteiger partial charge < -0.3 is 19.6 Å². The Morgan fingerprint density at radius 1 is 0.968 bits per heavy atom. The molecule has 2 N–H and O–H groups in total. The molecule has 0 amide bonds. The quantitative estimate of drug-likeness (QED) is 0.513. The zero-order valence-corrected chi connectivity index (χ0v) is 18.5. The first kappa shape index (κ1) is 21.4. The molecule has 0 spiro atoms. The number of phenolic OH excluding ortho intramolecular Hbond substituents is 1. The van der Waals surface area contributed by atoms with Crippen LogP contribution in [0.4, 0.5) is 17.8 Å². The average molecular weight is 446 g/mol. The van der Waals surface area contributed by atoms with E-state index in [9.17, 15) is 5.11 Å². The zero-order valence-electron chi connectivity index (χ0n) is 17.7. The van der Waals surface area contributed by atoms with Gasteiger partial charge in [-0.15, -0.1) is 0 Å². The molecule has 3 heterocycles. The second kappa shape index (κ2) is 10.00. The minimum atomic E-state index is -0.0314. The molecule has 10 heteroatoms.